The average Bonchev–Trinajstić information content (AvgIpc) is 2.46. The van der Waals surface area contributed by atoms with E-state index in [1.807, 2.05) is 0 Å². The van der Waals surface area contributed by atoms with E-state index in [-0.39, 0.29) is 12.8 Å². The van der Waals surface area contributed by atoms with Gasteiger partial charge in [-0.25, -0.2) is 0 Å². The van der Waals surface area contributed by atoms with Gasteiger partial charge in [0.05, 0.1) is 5.92 Å². The second-order valence-corrected chi connectivity index (χ2v) is 5.43. The summed E-state index contributed by atoms with van der Waals surface area (Å²) in [4.78, 5) is 12.2. The summed E-state index contributed by atoms with van der Waals surface area (Å²) >= 11 is 0. The Morgan fingerprint density at radius 2 is 2.00 bits per heavy atom. The standard InChI is InChI=1S/C15H19F3N2O/c16-15(17,18)13-7-2-1-6-12(13)14(21)20-11-5-3-4-10(8-11)9-19/h3-5,8,12-13H,1-2,6-7,9,19H2,(H,20,21). The second-order valence-electron chi connectivity index (χ2n) is 5.43. The maximum atomic E-state index is 13.0. The van der Waals surface area contributed by atoms with Crippen LogP contribution in [0, 0.1) is 11.8 Å². The molecule has 0 aromatic heterocycles. The van der Waals surface area contributed by atoms with Gasteiger partial charge < -0.3 is 11.1 Å². The molecule has 0 heterocycles. The van der Waals surface area contributed by atoms with Crippen LogP contribution >= 0.6 is 0 Å². The van der Waals surface area contributed by atoms with Gasteiger partial charge in [0, 0.05) is 18.2 Å². The molecule has 0 aliphatic heterocycles. The smallest absolute Gasteiger partial charge is 0.326 e. The maximum absolute atomic E-state index is 13.0. The molecule has 1 aliphatic carbocycles. The molecule has 1 aliphatic rings. The van der Waals surface area contributed by atoms with E-state index in [0.717, 1.165) is 5.56 Å². The van der Waals surface area contributed by atoms with Crippen LogP contribution in [0.4, 0.5) is 18.9 Å². The minimum absolute atomic E-state index is 0.0322. The van der Waals surface area contributed by atoms with Gasteiger partial charge in [-0.15, -0.1) is 0 Å². The van der Waals surface area contributed by atoms with Gasteiger partial charge in [-0.2, -0.15) is 13.2 Å². The highest BCUT2D eigenvalue weighted by atomic mass is 19.4. The molecule has 1 aromatic carbocycles. The predicted molar refractivity (Wildman–Crippen MR) is 74.5 cm³/mol. The Kier molecular flexibility index (Phi) is 4.88. The van der Waals surface area contributed by atoms with E-state index in [4.69, 9.17) is 5.73 Å². The Balaban J connectivity index is 2.10. The van der Waals surface area contributed by atoms with Crippen molar-refractivity contribution in [2.75, 3.05) is 5.32 Å². The van der Waals surface area contributed by atoms with Gasteiger partial charge in [0.1, 0.15) is 0 Å². The van der Waals surface area contributed by atoms with E-state index in [2.05, 4.69) is 5.32 Å². The Morgan fingerprint density at radius 1 is 1.29 bits per heavy atom. The lowest BCUT2D eigenvalue weighted by Gasteiger charge is -2.32. The fraction of sp³-hybridized carbons (Fsp3) is 0.533. The molecule has 1 saturated carbocycles. The van der Waals surface area contributed by atoms with E-state index in [1.54, 1.807) is 24.3 Å². The van der Waals surface area contributed by atoms with Gasteiger partial charge in [-0.3, -0.25) is 4.79 Å². The van der Waals surface area contributed by atoms with Crippen LogP contribution in [0.1, 0.15) is 31.2 Å². The third kappa shape index (κ3) is 3.97. The van der Waals surface area contributed by atoms with Gasteiger partial charge in [0.15, 0.2) is 0 Å². The Morgan fingerprint density at radius 3 is 2.67 bits per heavy atom. The third-order valence-electron chi connectivity index (χ3n) is 3.95. The molecule has 3 nitrogen and oxygen atoms in total. The first-order valence-corrected chi connectivity index (χ1v) is 7.08. The topological polar surface area (TPSA) is 55.1 Å². The van der Waals surface area contributed by atoms with Gasteiger partial charge in [-0.05, 0) is 30.5 Å². The number of carbonyl (C=O) groups excluding carboxylic acids is 1. The van der Waals surface area contributed by atoms with Gasteiger partial charge >= 0.3 is 6.18 Å². The summed E-state index contributed by atoms with van der Waals surface area (Å²) in [6.07, 6.45) is -2.82. The first-order chi connectivity index (χ1) is 9.91. The fourth-order valence-electron chi connectivity index (χ4n) is 2.85. The van der Waals surface area contributed by atoms with Gasteiger partial charge in [-0.1, -0.05) is 25.0 Å². The molecule has 116 valence electrons. The SMILES string of the molecule is NCc1cccc(NC(=O)C2CCCCC2C(F)(F)F)c1. The highest BCUT2D eigenvalue weighted by Gasteiger charge is 2.47. The molecular formula is C15H19F3N2O. The highest BCUT2D eigenvalue weighted by molar-refractivity contribution is 5.92. The third-order valence-corrected chi connectivity index (χ3v) is 3.95. The number of nitrogens with one attached hydrogen (secondary N) is 1. The molecule has 3 N–H and O–H groups in total. The monoisotopic (exact) mass is 300 g/mol. The minimum atomic E-state index is -4.32. The summed E-state index contributed by atoms with van der Waals surface area (Å²) in [6.45, 7) is 0.318. The number of carbonyl (C=O) groups is 1. The molecule has 2 rings (SSSR count). The molecule has 1 fully saturated rings. The van der Waals surface area contributed by atoms with E-state index in [0.29, 0.717) is 25.1 Å². The predicted octanol–water partition coefficient (Wildman–Crippen LogP) is 3.45. The largest absolute Gasteiger partial charge is 0.392 e. The number of rotatable bonds is 3. The lowest BCUT2D eigenvalue weighted by molar-refractivity contribution is -0.197. The number of hydrogen-bond acceptors (Lipinski definition) is 2. The summed E-state index contributed by atoms with van der Waals surface area (Å²) in [5.41, 5.74) is 6.83. The van der Waals surface area contributed by atoms with Crippen molar-refractivity contribution in [3.63, 3.8) is 0 Å². The first kappa shape index (κ1) is 15.8. The normalized spacial score (nSPS) is 22.9. The summed E-state index contributed by atoms with van der Waals surface area (Å²) in [5.74, 6) is -3.09. The number of benzene rings is 1. The Bertz CT molecular complexity index is 502. The maximum Gasteiger partial charge on any atom is 0.392 e. The van der Waals surface area contributed by atoms with Crippen LogP contribution in [-0.2, 0) is 11.3 Å². The van der Waals surface area contributed by atoms with Crippen LogP contribution in [0.25, 0.3) is 0 Å². The molecule has 21 heavy (non-hydrogen) atoms. The molecule has 0 saturated heterocycles. The number of nitrogens with two attached hydrogens (primary N) is 1. The number of amides is 1. The van der Waals surface area contributed by atoms with E-state index in [9.17, 15) is 18.0 Å². The summed E-state index contributed by atoms with van der Waals surface area (Å²) in [6, 6.07) is 6.86. The van der Waals surface area contributed by atoms with Crippen LogP contribution < -0.4 is 11.1 Å². The first-order valence-electron chi connectivity index (χ1n) is 7.08. The van der Waals surface area contributed by atoms with Crippen molar-refractivity contribution in [2.24, 2.45) is 17.6 Å². The quantitative estimate of drug-likeness (QED) is 0.898. The zero-order valence-corrected chi connectivity index (χ0v) is 11.6. The van der Waals surface area contributed by atoms with Gasteiger partial charge in [0.25, 0.3) is 0 Å². The molecule has 2 unspecified atom stereocenters. The Hall–Kier alpha value is -1.56. The molecule has 0 spiro atoms. The highest BCUT2D eigenvalue weighted by Crippen LogP contribution is 2.41. The van der Waals surface area contributed by atoms with Crippen molar-refractivity contribution in [1.82, 2.24) is 0 Å². The number of anilines is 1. The summed E-state index contributed by atoms with van der Waals surface area (Å²) in [7, 11) is 0. The van der Waals surface area contributed by atoms with Crippen molar-refractivity contribution >= 4 is 11.6 Å². The van der Waals surface area contributed by atoms with E-state index >= 15 is 0 Å². The number of alkyl halides is 3. The van der Waals surface area contributed by atoms with Crippen LogP contribution in [0.2, 0.25) is 0 Å². The minimum Gasteiger partial charge on any atom is -0.326 e. The lowest BCUT2D eigenvalue weighted by atomic mass is 9.78. The molecular weight excluding hydrogens is 281 g/mol. The fourth-order valence-corrected chi connectivity index (χ4v) is 2.85. The second kappa shape index (κ2) is 6.47. The van der Waals surface area contributed by atoms with Gasteiger partial charge in [0.2, 0.25) is 5.91 Å². The molecule has 6 heteroatoms. The molecule has 0 bridgehead atoms. The number of hydrogen-bond donors (Lipinski definition) is 2. The van der Waals surface area contributed by atoms with Crippen molar-refractivity contribution < 1.29 is 18.0 Å². The average molecular weight is 300 g/mol. The molecule has 1 aromatic rings. The van der Waals surface area contributed by atoms with Crippen LogP contribution in [-0.4, -0.2) is 12.1 Å². The van der Waals surface area contributed by atoms with Crippen molar-refractivity contribution in [2.45, 2.75) is 38.4 Å². The number of halogens is 3. The van der Waals surface area contributed by atoms with Crippen molar-refractivity contribution in [3.05, 3.63) is 29.8 Å². The van der Waals surface area contributed by atoms with Crippen molar-refractivity contribution in [3.8, 4) is 0 Å². The van der Waals surface area contributed by atoms with E-state index < -0.39 is 23.9 Å². The van der Waals surface area contributed by atoms with E-state index in [1.165, 1.54) is 0 Å². The molecule has 1 amide bonds. The molecule has 0 radical (unpaired) electrons. The van der Waals surface area contributed by atoms with Crippen LogP contribution in [0.15, 0.2) is 24.3 Å². The lowest BCUT2D eigenvalue weighted by Crippen LogP contribution is -2.39. The zero-order valence-electron chi connectivity index (χ0n) is 11.6. The van der Waals surface area contributed by atoms with Crippen LogP contribution in [0.3, 0.4) is 0 Å². The molecule has 2 atom stereocenters. The Labute approximate surface area is 121 Å². The zero-order chi connectivity index (χ0) is 15.5. The van der Waals surface area contributed by atoms with Crippen molar-refractivity contribution in [1.29, 1.82) is 0 Å². The summed E-state index contributed by atoms with van der Waals surface area (Å²) in [5, 5.41) is 2.59. The van der Waals surface area contributed by atoms with Crippen LogP contribution in [0.5, 0.6) is 0 Å². The summed E-state index contributed by atoms with van der Waals surface area (Å²) < 4.78 is 39.0.